The van der Waals surface area contributed by atoms with E-state index in [1.165, 1.54) is 17.4 Å². The number of nitrogens with zero attached hydrogens (tertiary/aromatic N) is 2. The highest BCUT2D eigenvalue weighted by Crippen LogP contribution is 2.42. The number of hydrogen-bond acceptors (Lipinski definition) is 4. The Hall–Kier alpha value is -1.34. The van der Waals surface area contributed by atoms with Crippen LogP contribution in [0.3, 0.4) is 0 Å². The number of anilines is 1. The molecule has 1 heterocycles. The Kier molecular flexibility index (Phi) is 4.30. The molecule has 0 saturated heterocycles. The van der Waals surface area contributed by atoms with Crippen LogP contribution in [0.5, 0.6) is 0 Å². The molecule has 1 amide bonds. The number of benzene rings is 1. The highest BCUT2D eigenvalue weighted by atomic mass is 79.9. The monoisotopic (exact) mass is 369 g/mol. The van der Waals surface area contributed by atoms with Crippen LogP contribution in [0.1, 0.15) is 35.8 Å². The SMILES string of the molecule is O=C(CCc1ccc(Br)cc1F)Nc1nnc(C2CC2)s1. The number of halogens is 2. The van der Waals surface area contributed by atoms with Gasteiger partial charge in [-0.1, -0.05) is 33.3 Å². The molecule has 0 spiro atoms. The fourth-order valence-electron chi connectivity index (χ4n) is 1.93. The number of carbonyl (C=O) groups excluding carboxylic acids is 1. The summed E-state index contributed by atoms with van der Waals surface area (Å²) in [4.78, 5) is 11.9. The first-order valence-corrected chi connectivity index (χ1v) is 8.30. The van der Waals surface area contributed by atoms with Crippen LogP contribution in [-0.4, -0.2) is 16.1 Å². The Morgan fingerprint density at radius 2 is 2.24 bits per heavy atom. The van der Waals surface area contributed by atoms with Gasteiger partial charge in [-0.25, -0.2) is 4.39 Å². The van der Waals surface area contributed by atoms with Crippen molar-refractivity contribution in [3.63, 3.8) is 0 Å². The molecule has 0 atom stereocenters. The highest BCUT2D eigenvalue weighted by molar-refractivity contribution is 9.10. The van der Waals surface area contributed by atoms with Crippen LogP contribution in [0.4, 0.5) is 9.52 Å². The summed E-state index contributed by atoms with van der Waals surface area (Å²) < 4.78 is 14.3. The van der Waals surface area contributed by atoms with E-state index in [0.717, 1.165) is 17.8 Å². The van der Waals surface area contributed by atoms with Gasteiger partial charge in [0.15, 0.2) is 0 Å². The van der Waals surface area contributed by atoms with Gasteiger partial charge in [-0.05, 0) is 37.0 Å². The van der Waals surface area contributed by atoms with Gasteiger partial charge in [0.05, 0.1) is 0 Å². The topological polar surface area (TPSA) is 54.9 Å². The molecule has 1 aromatic carbocycles. The van der Waals surface area contributed by atoms with Crippen LogP contribution in [0.2, 0.25) is 0 Å². The van der Waals surface area contributed by atoms with E-state index in [9.17, 15) is 9.18 Å². The van der Waals surface area contributed by atoms with Gasteiger partial charge in [-0.15, -0.1) is 10.2 Å². The zero-order chi connectivity index (χ0) is 14.8. The Bertz CT molecular complexity index is 672. The quantitative estimate of drug-likeness (QED) is 0.869. The first kappa shape index (κ1) is 14.6. The zero-order valence-corrected chi connectivity index (χ0v) is 13.5. The third-order valence-electron chi connectivity index (χ3n) is 3.25. The van der Waals surface area contributed by atoms with Gasteiger partial charge < -0.3 is 5.32 Å². The highest BCUT2D eigenvalue weighted by Gasteiger charge is 2.27. The van der Waals surface area contributed by atoms with Crippen LogP contribution in [-0.2, 0) is 11.2 Å². The van der Waals surface area contributed by atoms with Gasteiger partial charge >= 0.3 is 0 Å². The molecule has 3 rings (SSSR count). The maximum absolute atomic E-state index is 13.6. The summed E-state index contributed by atoms with van der Waals surface area (Å²) in [5, 5.41) is 12.3. The Labute approximate surface area is 133 Å². The number of aryl methyl sites for hydroxylation is 1. The van der Waals surface area contributed by atoms with Crippen LogP contribution in [0, 0.1) is 5.82 Å². The summed E-state index contributed by atoms with van der Waals surface area (Å²) in [6, 6.07) is 4.85. The second-order valence-corrected chi connectivity index (χ2v) is 6.93. The lowest BCUT2D eigenvalue weighted by molar-refractivity contribution is -0.116. The lowest BCUT2D eigenvalue weighted by Crippen LogP contribution is -2.12. The minimum absolute atomic E-state index is 0.171. The number of hydrogen-bond donors (Lipinski definition) is 1. The Morgan fingerprint density at radius 3 is 2.95 bits per heavy atom. The van der Waals surface area contributed by atoms with E-state index in [1.54, 1.807) is 12.1 Å². The molecule has 1 aromatic heterocycles. The van der Waals surface area contributed by atoms with Crippen molar-refractivity contribution >= 4 is 38.3 Å². The number of amides is 1. The number of rotatable bonds is 5. The van der Waals surface area contributed by atoms with Gasteiger partial charge in [0, 0.05) is 16.8 Å². The number of carbonyl (C=O) groups is 1. The van der Waals surface area contributed by atoms with Crippen molar-refractivity contribution in [1.29, 1.82) is 0 Å². The lowest BCUT2D eigenvalue weighted by atomic mass is 10.1. The molecule has 0 unspecified atom stereocenters. The Balaban J connectivity index is 1.53. The van der Waals surface area contributed by atoms with E-state index < -0.39 is 0 Å². The van der Waals surface area contributed by atoms with Gasteiger partial charge in [0.2, 0.25) is 11.0 Å². The Morgan fingerprint density at radius 1 is 1.43 bits per heavy atom. The van der Waals surface area contributed by atoms with Crippen molar-refractivity contribution < 1.29 is 9.18 Å². The van der Waals surface area contributed by atoms with Crippen molar-refractivity contribution in [2.24, 2.45) is 0 Å². The van der Waals surface area contributed by atoms with E-state index in [0.29, 0.717) is 27.5 Å². The van der Waals surface area contributed by atoms with Crippen molar-refractivity contribution in [3.8, 4) is 0 Å². The number of aromatic nitrogens is 2. The van der Waals surface area contributed by atoms with E-state index in [-0.39, 0.29) is 18.1 Å². The average molecular weight is 370 g/mol. The minimum atomic E-state index is -0.302. The molecule has 1 fully saturated rings. The molecule has 1 N–H and O–H groups in total. The average Bonchev–Trinajstić information content (AvgIpc) is 3.19. The third-order valence-corrected chi connectivity index (χ3v) is 4.74. The molecule has 0 radical (unpaired) electrons. The fourth-order valence-corrected chi connectivity index (χ4v) is 3.20. The molecule has 0 aliphatic heterocycles. The fraction of sp³-hybridized carbons (Fsp3) is 0.357. The summed E-state index contributed by atoms with van der Waals surface area (Å²) >= 11 is 4.63. The van der Waals surface area contributed by atoms with Gasteiger partial charge in [-0.3, -0.25) is 4.79 Å². The van der Waals surface area contributed by atoms with E-state index in [1.807, 2.05) is 0 Å². The molecular formula is C14H13BrFN3OS. The predicted octanol–water partition coefficient (Wildman–Crippen LogP) is 3.89. The molecule has 1 aliphatic carbocycles. The van der Waals surface area contributed by atoms with E-state index in [2.05, 4.69) is 31.4 Å². The van der Waals surface area contributed by atoms with Crippen LogP contribution >= 0.6 is 27.3 Å². The standard InChI is InChI=1S/C14H13BrFN3OS/c15-10-5-3-8(11(16)7-10)4-6-12(20)17-14-19-18-13(21-14)9-1-2-9/h3,5,7,9H,1-2,4,6H2,(H,17,19,20). The van der Waals surface area contributed by atoms with Gasteiger partial charge in [0.25, 0.3) is 0 Å². The van der Waals surface area contributed by atoms with Gasteiger partial charge in [-0.2, -0.15) is 0 Å². The van der Waals surface area contributed by atoms with Crippen molar-refractivity contribution in [2.75, 3.05) is 5.32 Å². The second kappa shape index (κ2) is 6.19. The van der Waals surface area contributed by atoms with Gasteiger partial charge in [0.1, 0.15) is 10.8 Å². The van der Waals surface area contributed by atoms with Crippen molar-refractivity contribution in [2.45, 2.75) is 31.6 Å². The molecule has 1 saturated carbocycles. The molecule has 21 heavy (non-hydrogen) atoms. The summed E-state index contributed by atoms with van der Waals surface area (Å²) in [7, 11) is 0. The second-order valence-electron chi connectivity index (χ2n) is 5.00. The van der Waals surface area contributed by atoms with Crippen molar-refractivity contribution in [1.82, 2.24) is 10.2 Å². The molecule has 0 bridgehead atoms. The summed E-state index contributed by atoms with van der Waals surface area (Å²) in [6.45, 7) is 0. The predicted molar refractivity (Wildman–Crippen MR) is 82.9 cm³/mol. The molecular weight excluding hydrogens is 357 g/mol. The number of nitrogens with one attached hydrogen (secondary N) is 1. The lowest BCUT2D eigenvalue weighted by Gasteiger charge is -2.03. The van der Waals surface area contributed by atoms with Crippen LogP contribution in [0.25, 0.3) is 0 Å². The van der Waals surface area contributed by atoms with E-state index in [4.69, 9.17) is 0 Å². The third kappa shape index (κ3) is 3.85. The maximum atomic E-state index is 13.6. The molecule has 110 valence electrons. The molecule has 4 nitrogen and oxygen atoms in total. The van der Waals surface area contributed by atoms with Crippen LogP contribution in [0.15, 0.2) is 22.7 Å². The summed E-state index contributed by atoms with van der Waals surface area (Å²) in [5.41, 5.74) is 0.532. The van der Waals surface area contributed by atoms with Crippen molar-refractivity contribution in [3.05, 3.63) is 39.1 Å². The summed E-state index contributed by atoms with van der Waals surface area (Å²) in [5.74, 6) is 0.0601. The maximum Gasteiger partial charge on any atom is 0.226 e. The molecule has 7 heteroatoms. The van der Waals surface area contributed by atoms with Crippen LogP contribution < -0.4 is 5.32 Å². The smallest absolute Gasteiger partial charge is 0.226 e. The molecule has 1 aliphatic rings. The van der Waals surface area contributed by atoms with E-state index >= 15 is 0 Å². The minimum Gasteiger partial charge on any atom is -0.301 e. The normalized spacial score (nSPS) is 14.2. The summed E-state index contributed by atoms with van der Waals surface area (Å²) in [6.07, 6.45) is 2.90. The first-order chi connectivity index (χ1) is 10.1. The zero-order valence-electron chi connectivity index (χ0n) is 11.1. The largest absolute Gasteiger partial charge is 0.301 e. The first-order valence-electron chi connectivity index (χ1n) is 6.69. The molecule has 2 aromatic rings.